The molecule has 0 heterocycles. The van der Waals surface area contributed by atoms with Crippen LogP contribution in [0.1, 0.15) is 24.8 Å². The van der Waals surface area contributed by atoms with Crippen molar-refractivity contribution in [2.75, 3.05) is 11.5 Å². The number of benzene rings is 1. The number of carbonyl (C=O) groups excluding carboxylic acids is 1. The fraction of sp³-hybridized carbons (Fsp3) is 0.500. The van der Waals surface area contributed by atoms with Crippen LogP contribution in [0.3, 0.4) is 0 Å². The maximum atomic E-state index is 11.7. The molecule has 0 spiro atoms. The number of amides is 1. The van der Waals surface area contributed by atoms with Gasteiger partial charge in [0.15, 0.2) is 0 Å². The van der Waals surface area contributed by atoms with Crippen LogP contribution in [-0.2, 0) is 16.0 Å². The molecule has 2 unspecified atom stereocenters. The van der Waals surface area contributed by atoms with E-state index in [2.05, 4.69) is 29.6 Å². The molecule has 2 atom stereocenters. The van der Waals surface area contributed by atoms with E-state index in [4.69, 9.17) is 5.11 Å². The fourth-order valence-corrected chi connectivity index (χ4v) is 3.38. The number of hydrogen-bond acceptors (Lipinski definition) is 3. The molecule has 0 bridgehead atoms. The number of carboxylic acids is 1. The highest BCUT2D eigenvalue weighted by Crippen LogP contribution is 2.28. The van der Waals surface area contributed by atoms with E-state index in [1.54, 1.807) is 0 Å². The van der Waals surface area contributed by atoms with Crippen molar-refractivity contribution >= 4 is 23.6 Å². The highest BCUT2D eigenvalue weighted by molar-refractivity contribution is 8.00. The predicted molar refractivity (Wildman–Crippen MR) is 84.4 cm³/mol. The second-order valence-corrected chi connectivity index (χ2v) is 6.51. The zero-order valence-electron chi connectivity index (χ0n) is 12.0. The molecular formula is C16H21NO3S. The first-order chi connectivity index (χ1) is 10.1. The van der Waals surface area contributed by atoms with Gasteiger partial charge in [-0.2, -0.15) is 0 Å². The molecule has 0 saturated heterocycles. The zero-order chi connectivity index (χ0) is 15.1. The van der Waals surface area contributed by atoms with Gasteiger partial charge in [0.1, 0.15) is 0 Å². The van der Waals surface area contributed by atoms with Crippen molar-refractivity contribution in [2.45, 2.75) is 31.7 Å². The Morgan fingerprint density at radius 2 is 1.95 bits per heavy atom. The summed E-state index contributed by atoms with van der Waals surface area (Å²) in [5, 5.41) is 11.5. The summed E-state index contributed by atoms with van der Waals surface area (Å²) >= 11 is 1.14. The Kier molecular flexibility index (Phi) is 6.11. The lowest BCUT2D eigenvalue weighted by Crippen LogP contribution is -2.34. The largest absolute Gasteiger partial charge is 0.481 e. The summed E-state index contributed by atoms with van der Waals surface area (Å²) in [5.41, 5.74) is 1.35. The first-order valence-corrected chi connectivity index (χ1v) is 8.42. The van der Waals surface area contributed by atoms with Crippen LogP contribution in [0, 0.1) is 5.92 Å². The van der Waals surface area contributed by atoms with Crippen LogP contribution in [0.4, 0.5) is 0 Å². The summed E-state index contributed by atoms with van der Waals surface area (Å²) in [6.07, 6.45) is 4.25. The molecule has 5 heteroatoms. The predicted octanol–water partition coefficient (Wildman–Crippen LogP) is 2.33. The third-order valence-corrected chi connectivity index (χ3v) is 4.65. The number of carbonyl (C=O) groups is 2. The molecule has 1 aromatic rings. The number of rotatable bonds is 7. The van der Waals surface area contributed by atoms with E-state index in [0.29, 0.717) is 5.92 Å². The molecule has 0 aromatic heterocycles. The first-order valence-electron chi connectivity index (χ1n) is 7.26. The molecule has 1 aromatic carbocycles. The van der Waals surface area contributed by atoms with E-state index in [9.17, 15) is 9.59 Å². The van der Waals surface area contributed by atoms with E-state index in [1.165, 1.54) is 5.56 Å². The molecule has 2 rings (SSSR count). The van der Waals surface area contributed by atoms with E-state index in [0.717, 1.165) is 37.4 Å². The molecule has 1 fully saturated rings. The Morgan fingerprint density at radius 1 is 1.19 bits per heavy atom. The summed E-state index contributed by atoms with van der Waals surface area (Å²) in [7, 11) is 0. The highest BCUT2D eigenvalue weighted by atomic mass is 32.2. The Labute approximate surface area is 129 Å². The van der Waals surface area contributed by atoms with Crippen LogP contribution in [0.25, 0.3) is 0 Å². The minimum Gasteiger partial charge on any atom is -0.481 e. The van der Waals surface area contributed by atoms with Crippen molar-refractivity contribution in [1.82, 2.24) is 5.32 Å². The molecule has 0 aliphatic heterocycles. The van der Waals surface area contributed by atoms with Gasteiger partial charge in [-0.05, 0) is 37.2 Å². The minimum atomic E-state index is -0.878. The standard InChI is InChI=1S/C16H21NO3S/c18-15(10-21-11-16(19)20)17-14-7-6-13(9-14)8-12-4-2-1-3-5-12/h1-5,13-14H,6-11H2,(H,17,18)(H,19,20). The van der Waals surface area contributed by atoms with E-state index in [-0.39, 0.29) is 23.5 Å². The molecule has 114 valence electrons. The van der Waals surface area contributed by atoms with Crippen LogP contribution >= 0.6 is 11.8 Å². The van der Waals surface area contributed by atoms with Crippen molar-refractivity contribution in [2.24, 2.45) is 5.92 Å². The van der Waals surface area contributed by atoms with E-state index >= 15 is 0 Å². The molecule has 2 N–H and O–H groups in total. The number of carboxylic acid groups (broad SMARTS) is 1. The quantitative estimate of drug-likeness (QED) is 0.811. The number of hydrogen-bond donors (Lipinski definition) is 2. The van der Waals surface area contributed by atoms with Crippen LogP contribution in [0.15, 0.2) is 30.3 Å². The molecule has 1 amide bonds. The van der Waals surface area contributed by atoms with Gasteiger partial charge in [-0.3, -0.25) is 9.59 Å². The summed E-state index contributed by atoms with van der Waals surface area (Å²) in [6, 6.07) is 10.7. The van der Waals surface area contributed by atoms with Crippen LogP contribution in [0.5, 0.6) is 0 Å². The molecule has 1 aliphatic carbocycles. The molecular weight excluding hydrogens is 286 g/mol. The van der Waals surface area contributed by atoms with Gasteiger partial charge in [-0.15, -0.1) is 11.8 Å². The maximum absolute atomic E-state index is 11.7. The third-order valence-electron chi connectivity index (χ3n) is 3.73. The molecule has 4 nitrogen and oxygen atoms in total. The average Bonchev–Trinajstić information content (AvgIpc) is 2.86. The minimum absolute atomic E-state index is 0.0191. The fourth-order valence-electron chi connectivity index (χ4n) is 2.84. The Hall–Kier alpha value is -1.49. The van der Waals surface area contributed by atoms with Crippen molar-refractivity contribution in [3.63, 3.8) is 0 Å². The molecule has 1 aliphatic rings. The van der Waals surface area contributed by atoms with Gasteiger partial charge in [0, 0.05) is 6.04 Å². The summed E-state index contributed by atoms with van der Waals surface area (Å²) < 4.78 is 0. The first kappa shape index (κ1) is 15.9. The third kappa shape index (κ3) is 5.79. The molecule has 1 saturated carbocycles. The topological polar surface area (TPSA) is 66.4 Å². The Balaban J connectivity index is 1.68. The highest BCUT2D eigenvalue weighted by Gasteiger charge is 2.25. The summed E-state index contributed by atoms with van der Waals surface area (Å²) in [6.45, 7) is 0. The van der Waals surface area contributed by atoms with Crippen molar-refractivity contribution in [1.29, 1.82) is 0 Å². The van der Waals surface area contributed by atoms with Crippen molar-refractivity contribution < 1.29 is 14.7 Å². The Bertz CT molecular complexity index is 478. The second kappa shape index (κ2) is 8.08. The van der Waals surface area contributed by atoms with Gasteiger partial charge in [0.05, 0.1) is 11.5 Å². The monoisotopic (exact) mass is 307 g/mol. The van der Waals surface area contributed by atoms with E-state index in [1.807, 2.05) is 6.07 Å². The van der Waals surface area contributed by atoms with Gasteiger partial charge in [0.2, 0.25) is 5.91 Å². The van der Waals surface area contributed by atoms with Gasteiger partial charge in [-0.1, -0.05) is 30.3 Å². The lowest BCUT2D eigenvalue weighted by molar-refractivity contribution is -0.133. The van der Waals surface area contributed by atoms with Crippen LogP contribution in [0.2, 0.25) is 0 Å². The average molecular weight is 307 g/mol. The smallest absolute Gasteiger partial charge is 0.313 e. The van der Waals surface area contributed by atoms with E-state index < -0.39 is 5.97 Å². The van der Waals surface area contributed by atoms with Crippen LogP contribution < -0.4 is 5.32 Å². The summed E-state index contributed by atoms with van der Waals surface area (Å²) in [5.74, 6) is -0.0893. The normalized spacial score (nSPS) is 21.1. The molecule has 0 radical (unpaired) electrons. The SMILES string of the molecule is O=C(O)CSCC(=O)NC1CCC(Cc2ccccc2)C1. The van der Waals surface area contributed by atoms with Gasteiger partial charge >= 0.3 is 5.97 Å². The maximum Gasteiger partial charge on any atom is 0.313 e. The lowest BCUT2D eigenvalue weighted by Gasteiger charge is -2.13. The van der Waals surface area contributed by atoms with Gasteiger partial charge < -0.3 is 10.4 Å². The van der Waals surface area contributed by atoms with Gasteiger partial charge in [0.25, 0.3) is 0 Å². The van der Waals surface area contributed by atoms with Crippen molar-refractivity contribution in [3.8, 4) is 0 Å². The van der Waals surface area contributed by atoms with Crippen LogP contribution in [-0.4, -0.2) is 34.5 Å². The number of aliphatic carboxylic acids is 1. The van der Waals surface area contributed by atoms with Crippen molar-refractivity contribution in [3.05, 3.63) is 35.9 Å². The molecule has 21 heavy (non-hydrogen) atoms. The zero-order valence-corrected chi connectivity index (χ0v) is 12.8. The van der Waals surface area contributed by atoms with Gasteiger partial charge in [-0.25, -0.2) is 0 Å². The number of thioether (sulfide) groups is 1. The summed E-state index contributed by atoms with van der Waals surface area (Å²) in [4.78, 5) is 22.1. The second-order valence-electron chi connectivity index (χ2n) is 5.52. The Morgan fingerprint density at radius 3 is 2.67 bits per heavy atom. The lowest BCUT2D eigenvalue weighted by atomic mass is 9.98. The number of nitrogens with one attached hydrogen (secondary N) is 1.